The molecule has 2 aliphatic rings. The molecule has 2 aliphatic heterocycles. The predicted molar refractivity (Wildman–Crippen MR) is 121 cm³/mol. The van der Waals surface area contributed by atoms with Gasteiger partial charge in [-0.1, -0.05) is 23.5 Å². The van der Waals surface area contributed by atoms with Crippen molar-refractivity contribution in [3.63, 3.8) is 0 Å². The van der Waals surface area contributed by atoms with Crippen LogP contribution < -0.4 is 14.5 Å². The first-order chi connectivity index (χ1) is 15.8. The van der Waals surface area contributed by atoms with Gasteiger partial charge < -0.3 is 19.6 Å². The number of aromatic nitrogens is 2. The summed E-state index contributed by atoms with van der Waals surface area (Å²) in [5, 5.41) is 10.8. The molecule has 0 saturated carbocycles. The van der Waals surface area contributed by atoms with Gasteiger partial charge in [-0.3, -0.25) is 0 Å². The van der Waals surface area contributed by atoms with Crippen molar-refractivity contribution in [1.29, 1.82) is 0 Å². The molecule has 5 rings (SSSR count). The maximum absolute atomic E-state index is 12.4. The number of hydrogen-bond donors (Lipinski definition) is 1. The van der Waals surface area contributed by atoms with Crippen molar-refractivity contribution in [1.82, 2.24) is 9.97 Å². The zero-order valence-electron chi connectivity index (χ0n) is 17.8. The number of anilines is 2. The topological polar surface area (TPSA) is 61.7 Å². The van der Waals surface area contributed by atoms with Crippen LogP contribution in [0, 0.1) is 0 Å². The number of aliphatic hydroxyl groups is 1. The average molecular weight is 477 g/mol. The van der Waals surface area contributed by atoms with Gasteiger partial charge in [-0.2, -0.15) is 0 Å². The molecule has 0 unspecified atom stereocenters. The maximum atomic E-state index is 12.4. The Morgan fingerprint density at radius 2 is 1.76 bits per heavy atom. The summed E-state index contributed by atoms with van der Waals surface area (Å²) < 4.78 is 41.2. The zero-order chi connectivity index (χ0) is 23.0. The number of piperidine rings is 1. The highest BCUT2D eigenvalue weighted by Crippen LogP contribution is 2.34. The Hall–Kier alpha value is -2.85. The average Bonchev–Trinajstić information content (AvgIpc) is 3.22. The number of pyridine rings is 1. The molecule has 1 N–H and O–H groups in total. The molecule has 6 nitrogen and oxygen atoms in total. The third-order valence-corrected chi connectivity index (χ3v) is 7.09. The van der Waals surface area contributed by atoms with Gasteiger partial charge in [0.2, 0.25) is 0 Å². The van der Waals surface area contributed by atoms with E-state index < -0.39 is 6.36 Å². The van der Waals surface area contributed by atoms with E-state index in [1.165, 1.54) is 17.0 Å². The number of rotatable bonds is 4. The lowest BCUT2D eigenvalue weighted by Crippen LogP contribution is -2.35. The van der Waals surface area contributed by atoms with Crippen molar-refractivity contribution in [2.45, 2.75) is 38.3 Å². The Morgan fingerprint density at radius 3 is 2.48 bits per heavy atom. The van der Waals surface area contributed by atoms with Crippen molar-refractivity contribution >= 4 is 22.3 Å². The lowest BCUT2D eigenvalue weighted by molar-refractivity contribution is -0.274. The summed E-state index contributed by atoms with van der Waals surface area (Å²) in [5.41, 5.74) is 2.80. The molecule has 0 bridgehead atoms. The lowest BCUT2D eigenvalue weighted by atomic mass is 10.1. The second kappa shape index (κ2) is 8.83. The molecule has 0 spiro atoms. The summed E-state index contributed by atoms with van der Waals surface area (Å²) in [5.74, 6) is 0.582. The second-order valence-electron chi connectivity index (χ2n) is 8.23. The van der Waals surface area contributed by atoms with Crippen molar-refractivity contribution in [3.8, 4) is 16.9 Å². The molecule has 1 saturated heterocycles. The van der Waals surface area contributed by atoms with Crippen LogP contribution in [0.2, 0.25) is 0 Å². The first kappa shape index (κ1) is 22.0. The summed E-state index contributed by atoms with van der Waals surface area (Å²) in [7, 11) is 0. The van der Waals surface area contributed by atoms with Gasteiger partial charge in [-0.05, 0) is 48.2 Å². The predicted octanol–water partition coefficient (Wildman–Crippen LogP) is 4.63. The van der Waals surface area contributed by atoms with Crippen molar-refractivity contribution in [2.24, 2.45) is 0 Å². The highest BCUT2D eigenvalue weighted by atomic mass is 32.1. The molecule has 2 aromatic heterocycles. The lowest BCUT2D eigenvalue weighted by Gasteiger charge is -2.29. The van der Waals surface area contributed by atoms with Gasteiger partial charge in [0.05, 0.1) is 18.3 Å². The Kier molecular flexibility index (Phi) is 5.88. The third kappa shape index (κ3) is 5.06. The molecule has 1 aromatic carbocycles. The first-order valence-electron chi connectivity index (χ1n) is 10.8. The van der Waals surface area contributed by atoms with E-state index in [0.717, 1.165) is 73.2 Å². The third-order valence-electron chi connectivity index (χ3n) is 5.95. The highest BCUT2D eigenvalue weighted by molar-refractivity contribution is 7.15. The van der Waals surface area contributed by atoms with Crippen molar-refractivity contribution in [2.75, 3.05) is 29.4 Å². The second-order valence-corrected chi connectivity index (χ2v) is 9.29. The van der Waals surface area contributed by atoms with Gasteiger partial charge in [-0.25, -0.2) is 9.97 Å². The molecule has 3 aromatic rings. The molecule has 10 heteroatoms. The van der Waals surface area contributed by atoms with E-state index in [4.69, 9.17) is 4.98 Å². The smallest absolute Gasteiger partial charge is 0.406 e. The van der Waals surface area contributed by atoms with Crippen LogP contribution in [-0.2, 0) is 13.0 Å². The Bertz CT molecular complexity index is 1110. The van der Waals surface area contributed by atoms with Gasteiger partial charge in [0.15, 0.2) is 5.13 Å². The van der Waals surface area contributed by atoms with Crippen LogP contribution in [0.3, 0.4) is 0 Å². The van der Waals surface area contributed by atoms with E-state index in [2.05, 4.69) is 19.5 Å². The number of hydrogen-bond acceptors (Lipinski definition) is 7. The monoisotopic (exact) mass is 476 g/mol. The molecule has 174 valence electrons. The Balaban J connectivity index is 1.30. The number of nitrogens with zero attached hydrogens (tertiary/aromatic N) is 4. The first-order valence-corrected chi connectivity index (χ1v) is 11.6. The molecular formula is C23H23F3N4O2S. The Morgan fingerprint density at radius 1 is 1.00 bits per heavy atom. The van der Waals surface area contributed by atoms with E-state index >= 15 is 0 Å². The summed E-state index contributed by atoms with van der Waals surface area (Å²) >= 11 is 1.71. The number of aliphatic hydroxyl groups excluding tert-OH is 1. The van der Waals surface area contributed by atoms with Gasteiger partial charge in [0.1, 0.15) is 11.6 Å². The molecule has 0 aliphatic carbocycles. The van der Waals surface area contributed by atoms with E-state index in [9.17, 15) is 18.3 Å². The molecule has 4 heterocycles. The number of ether oxygens (including phenoxy) is 1. The molecule has 1 fully saturated rings. The van der Waals surface area contributed by atoms with E-state index in [-0.39, 0.29) is 11.9 Å². The molecule has 0 radical (unpaired) electrons. The fraction of sp³-hybridized carbons (Fsp3) is 0.391. The van der Waals surface area contributed by atoms with Gasteiger partial charge in [0, 0.05) is 37.1 Å². The Labute approximate surface area is 193 Å². The van der Waals surface area contributed by atoms with Crippen LogP contribution in [0.1, 0.15) is 23.4 Å². The number of benzene rings is 1. The minimum Gasteiger partial charge on any atom is -0.406 e. The molecule has 33 heavy (non-hydrogen) atoms. The quantitative estimate of drug-likeness (QED) is 0.593. The fourth-order valence-corrected chi connectivity index (χ4v) is 5.36. The summed E-state index contributed by atoms with van der Waals surface area (Å²) in [4.78, 5) is 15.1. The highest BCUT2D eigenvalue weighted by Gasteiger charge is 2.31. The minimum atomic E-state index is -4.70. The van der Waals surface area contributed by atoms with Crippen LogP contribution in [0.15, 0.2) is 42.6 Å². The number of fused-ring (bicyclic) bond motifs is 1. The van der Waals surface area contributed by atoms with Crippen LogP contribution >= 0.6 is 11.3 Å². The van der Waals surface area contributed by atoms with Crippen LogP contribution in [0.4, 0.5) is 24.1 Å². The molecular weight excluding hydrogens is 453 g/mol. The van der Waals surface area contributed by atoms with Crippen LogP contribution in [0.5, 0.6) is 5.75 Å². The fourth-order valence-electron chi connectivity index (χ4n) is 4.19. The summed E-state index contributed by atoms with van der Waals surface area (Å²) in [6, 6.07) is 9.65. The largest absolute Gasteiger partial charge is 0.573 e. The van der Waals surface area contributed by atoms with E-state index in [1.807, 2.05) is 12.1 Å². The summed E-state index contributed by atoms with van der Waals surface area (Å²) in [6.45, 7) is 3.17. The number of alkyl halides is 3. The minimum absolute atomic E-state index is 0.210. The number of halogens is 3. The standard InChI is InChI=1S/C23H23F3N4O2S/c24-23(25,26)32-18-3-1-15(2-4-18)16-5-9-27-21(13-16)30-12-8-19-20(14-30)33-22(28-19)29-10-6-17(31)7-11-29/h1-5,9,13,17,31H,6-8,10-12,14H2. The van der Waals surface area contributed by atoms with Crippen LogP contribution in [0.25, 0.3) is 11.1 Å². The van der Waals surface area contributed by atoms with E-state index in [1.54, 1.807) is 29.7 Å². The van der Waals surface area contributed by atoms with Gasteiger partial charge in [-0.15, -0.1) is 13.2 Å². The number of thiazole rings is 1. The maximum Gasteiger partial charge on any atom is 0.573 e. The SMILES string of the molecule is OC1CCN(c2nc3c(s2)CN(c2cc(-c4ccc(OC(F)(F)F)cc4)ccn2)CC3)CC1. The summed E-state index contributed by atoms with van der Waals surface area (Å²) in [6.07, 6.45) is -0.815. The normalized spacial score (nSPS) is 17.2. The van der Waals surface area contributed by atoms with Gasteiger partial charge >= 0.3 is 6.36 Å². The molecule has 0 atom stereocenters. The van der Waals surface area contributed by atoms with Crippen molar-refractivity contribution < 1.29 is 23.0 Å². The van der Waals surface area contributed by atoms with Crippen LogP contribution in [-0.4, -0.2) is 47.2 Å². The van der Waals surface area contributed by atoms with Gasteiger partial charge in [0.25, 0.3) is 0 Å². The zero-order valence-corrected chi connectivity index (χ0v) is 18.6. The van der Waals surface area contributed by atoms with E-state index in [0.29, 0.717) is 0 Å². The molecule has 0 amide bonds. The van der Waals surface area contributed by atoms with Crippen molar-refractivity contribution in [3.05, 3.63) is 53.2 Å².